The second-order valence-corrected chi connectivity index (χ2v) is 6.80. The number of fused-ring (bicyclic) bond motifs is 1. The second-order valence-electron chi connectivity index (χ2n) is 6.80. The van der Waals surface area contributed by atoms with E-state index in [-0.39, 0.29) is 47.9 Å². The molecule has 0 aliphatic carbocycles. The Morgan fingerprint density at radius 3 is 2.47 bits per heavy atom. The van der Waals surface area contributed by atoms with Gasteiger partial charge in [-0.1, -0.05) is 0 Å². The number of nitrogens with two attached hydrogens (primary N) is 1. The van der Waals surface area contributed by atoms with Crippen LogP contribution in [0, 0.1) is 0 Å². The molecule has 0 bridgehead atoms. The van der Waals surface area contributed by atoms with Crippen molar-refractivity contribution in [2.45, 2.75) is 31.7 Å². The van der Waals surface area contributed by atoms with E-state index in [0.29, 0.717) is 11.4 Å². The quantitative estimate of drug-likeness (QED) is 0.210. The molecule has 2 aromatic heterocycles. The average Bonchev–Trinajstić information content (AvgIpc) is 2.75. The zero-order valence-electron chi connectivity index (χ0n) is 16.6. The number of anilines is 2. The molecule has 0 radical (unpaired) electrons. The van der Waals surface area contributed by atoms with Gasteiger partial charge in [0.25, 0.3) is 5.91 Å². The van der Waals surface area contributed by atoms with Crippen LogP contribution in [-0.2, 0) is 11.3 Å². The van der Waals surface area contributed by atoms with Crippen molar-refractivity contribution in [3.63, 3.8) is 0 Å². The fraction of sp³-hybridized carbons (Fsp3) is 0.263. The molecule has 168 valence electrons. The van der Waals surface area contributed by atoms with Gasteiger partial charge < -0.3 is 36.8 Å². The molecule has 0 spiro atoms. The molecule has 8 N–H and O–H groups in total. The Kier molecular flexibility index (Phi) is 6.92. The van der Waals surface area contributed by atoms with E-state index in [1.165, 1.54) is 18.3 Å². The van der Waals surface area contributed by atoms with Crippen LogP contribution in [-0.4, -0.2) is 64.6 Å². The molecule has 3 aromatic rings. The number of aromatic hydroxyl groups is 1. The molecule has 1 atom stereocenters. The summed E-state index contributed by atoms with van der Waals surface area (Å²) in [4.78, 5) is 38.8. The Hall–Kier alpha value is -4.10. The van der Waals surface area contributed by atoms with Crippen LogP contribution in [0.25, 0.3) is 11.2 Å². The molecule has 1 amide bonds. The average molecular weight is 443 g/mol. The lowest BCUT2D eigenvalue weighted by Gasteiger charge is -2.19. The minimum atomic E-state index is -1.89. The maximum absolute atomic E-state index is 12.3. The largest absolute Gasteiger partial charge is 0.492 e. The maximum atomic E-state index is 12.3. The highest BCUT2D eigenvalue weighted by Crippen LogP contribution is 2.19. The Bertz CT molecular complexity index is 1120. The fourth-order valence-electron chi connectivity index (χ4n) is 2.79. The van der Waals surface area contributed by atoms with Gasteiger partial charge >= 0.3 is 5.97 Å². The summed E-state index contributed by atoms with van der Waals surface area (Å²) in [6.45, 7) is 0.256. The first-order valence-electron chi connectivity index (χ1n) is 9.43. The Morgan fingerprint density at radius 1 is 1.09 bits per heavy atom. The summed E-state index contributed by atoms with van der Waals surface area (Å²) in [6.07, 6.45) is -0.859. The molecule has 0 fully saturated rings. The molecule has 2 heterocycles. The number of aliphatic hydroxyl groups excluding tert-OH is 1. The zero-order chi connectivity index (χ0) is 23.3. The number of aromatic nitrogens is 4. The third kappa shape index (κ3) is 5.74. The lowest BCUT2D eigenvalue weighted by atomic mass is 10.1. The van der Waals surface area contributed by atoms with Crippen molar-refractivity contribution in [3.8, 4) is 5.88 Å². The standard InChI is InChI=1S/C19H21N7O6/c20-19-25-15-14(17(30)26-19)23-11(8-22-15)7-21-10-3-1-9(2-4-10)16(29)24-12(18(31)32)5-6-13(27)28/h1-4,8,12,18,21,31-32H,5-7H2,(H,24,29)(H,27,28)(H3,20,22,25,26,30). The van der Waals surface area contributed by atoms with Crippen LogP contribution in [0.2, 0.25) is 0 Å². The number of carboxylic acids is 1. The third-order valence-electron chi connectivity index (χ3n) is 4.42. The zero-order valence-corrected chi connectivity index (χ0v) is 16.6. The van der Waals surface area contributed by atoms with Gasteiger partial charge in [-0.3, -0.25) is 9.59 Å². The fourth-order valence-corrected chi connectivity index (χ4v) is 2.79. The second kappa shape index (κ2) is 9.80. The highest BCUT2D eigenvalue weighted by molar-refractivity contribution is 5.94. The number of hydrogen-bond donors (Lipinski definition) is 7. The van der Waals surface area contributed by atoms with Gasteiger partial charge in [-0.25, -0.2) is 9.97 Å². The molecule has 0 saturated carbocycles. The minimum absolute atomic E-state index is 0.110. The van der Waals surface area contributed by atoms with Crippen LogP contribution >= 0.6 is 0 Å². The number of carboxylic acid groups (broad SMARTS) is 1. The molecule has 3 rings (SSSR count). The van der Waals surface area contributed by atoms with Gasteiger partial charge in [-0.2, -0.15) is 9.97 Å². The van der Waals surface area contributed by atoms with Gasteiger partial charge in [-0.15, -0.1) is 0 Å². The maximum Gasteiger partial charge on any atom is 0.303 e. The number of rotatable bonds is 9. The number of carbonyl (C=O) groups is 2. The summed E-state index contributed by atoms with van der Waals surface area (Å²) in [7, 11) is 0. The first-order valence-corrected chi connectivity index (χ1v) is 9.43. The third-order valence-corrected chi connectivity index (χ3v) is 4.42. The van der Waals surface area contributed by atoms with Crippen molar-refractivity contribution in [1.82, 2.24) is 25.3 Å². The van der Waals surface area contributed by atoms with Crippen molar-refractivity contribution in [3.05, 3.63) is 41.7 Å². The summed E-state index contributed by atoms with van der Waals surface area (Å²) in [5, 5.41) is 42.7. The molecule has 1 unspecified atom stereocenters. The predicted molar refractivity (Wildman–Crippen MR) is 111 cm³/mol. The molecular formula is C19H21N7O6. The van der Waals surface area contributed by atoms with Crippen LogP contribution in [0.1, 0.15) is 28.9 Å². The van der Waals surface area contributed by atoms with Crippen molar-refractivity contribution in [1.29, 1.82) is 0 Å². The topological polar surface area (TPSA) is 217 Å². The van der Waals surface area contributed by atoms with Crippen LogP contribution in [0.3, 0.4) is 0 Å². The number of nitrogens with zero attached hydrogens (tertiary/aromatic N) is 4. The smallest absolute Gasteiger partial charge is 0.303 e. The molecule has 0 aliphatic rings. The lowest BCUT2D eigenvalue weighted by molar-refractivity contribution is -0.137. The summed E-state index contributed by atoms with van der Waals surface area (Å²) in [5.41, 5.74) is 7.16. The summed E-state index contributed by atoms with van der Waals surface area (Å²) < 4.78 is 0. The van der Waals surface area contributed by atoms with Crippen LogP contribution < -0.4 is 16.4 Å². The van der Waals surface area contributed by atoms with Crippen LogP contribution in [0.5, 0.6) is 5.88 Å². The minimum Gasteiger partial charge on any atom is -0.492 e. The number of nitrogen functional groups attached to an aromatic ring is 1. The van der Waals surface area contributed by atoms with E-state index in [9.17, 15) is 24.9 Å². The van der Waals surface area contributed by atoms with Gasteiger partial charge in [0.2, 0.25) is 11.8 Å². The SMILES string of the molecule is Nc1nc(O)c2nc(CNc3ccc(C(=O)NC(CCC(=O)O)C(O)O)cc3)cnc2n1. The van der Waals surface area contributed by atoms with E-state index in [0.717, 1.165) is 0 Å². The van der Waals surface area contributed by atoms with Crippen molar-refractivity contribution in [2.24, 2.45) is 0 Å². The summed E-state index contributed by atoms with van der Waals surface area (Å²) in [5.74, 6) is -2.16. The van der Waals surface area contributed by atoms with E-state index in [1.54, 1.807) is 12.1 Å². The van der Waals surface area contributed by atoms with Gasteiger partial charge in [0, 0.05) is 17.7 Å². The van der Waals surface area contributed by atoms with Gasteiger partial charge in [0.05, 0.1) is 24.5 Å². The highest BCUT2D eigenvalue weighted by atomic mass is 16.5. The van der Waals surface area contributed by atoms with E-state index in [2.05, 4.69) is 30.6 Å². The van der Waals surface area contributed by atoms with Crippen LogP contribution in [0.4, 0.5) is 11.6 Å². The molecule has 1 aromatic carbocycles. The van der Waals surface area contributed by atoms with E-state index in [1.807, 2.05) is 0 Å². The number of benzene rings is 1. The normalized spacial score (nSPS) is 12.0. The molecule has 0 aliphatic heterocycles. The van der Waals surface area contributed by atoms with Gasteiger partial charge in [0.1, 0.15) is 0 Å². The number of carbonyl (C=O) groups excluding carboxylic acids is 1. The number of nitrogens with one attached hydrogen (secondary N) is 2. The number of aliphatic carboxylic acids is 1. The highest BCUT2D eigenvalue weighted by Gasteiger charge is 2.21. The summed E-state index contributed by atoms with van der Waals surface area (Å²) >= 11 is 0. The number of amides is 1. The monoisotopic (exact) mass is 443 g/mol. The first-order chi connectivity index (χ1) is 15.2. The number of hydrogen-bond acceptors (Lipinski definition) is 11. The van der Waals surface area contributed by atoms with Crippen molar-refractivity contribution >= 4 is 34.7 Å². The molecule has 13 nitrogen and oxygen atoms in total. The molecule has 13 heteroatoms. The lowest BCUT2D eigenvalue weighted by Crippen LogP contribution is -2.43. The van der Waals surface area contributed by atoms with E-state index >= 15 is 0 Å². The Labute approximate surface area is 181 Å². The van der Waals surface area contributed by atoms with Crippen molar-refractivity contribution in [2.75, 3.05) is 11.1 Å². The first kappa shape index (κ1) is 22.6. The van der Waals surface area contributed by atoms with E-state index in [4.69, 9.17) is 10.8 Å². The van der Waals surface area contributed by atoms with E-state index < -0.39 is 24.2 Å². The molecular weight excluding hydrogens is 422 g/mol. The van der Waals surface area contributed by atoms with Gasteiger partial charge in [-0.05, 0) is 30.7 Å². The van der Waals surface area contributed by atoms with Crippen LogP contribution in [0.15, 0.2) is 30.5 Å². The summed E-state index contributed by atoms with van der Waals surface area (Å²) in [6, 6.07) is 5.19. The van der Waals surface area contributed by atoms with Crippen molar-refractivity contribution < 1.29 is 30.0 Å². The van der Waals surface area contributed by atoms with Gasteiger partial charge in [0.15, 0.2) is 17.5 Å². The Morgan fingerprint density at radius 2 is 1.81 bits per heavy atom. The molecule has 32 heavy (non-hydrogen) atoms. The molecule has 0 saturated heterocycles. The predicted octanol–water partition coefficient (Wildman–Crippen LogP) is -0.406. The number of aliphatic hydroxyl groups is 2. The Balaban J connectivity index is 1.61.